The summed E-state index contributed by atoms with van der Waals surface area (Å²) in [5, 5.41) is 28.1. The van der Waals surface area contributed by atoms with Crippen LogP contribution in [0.5, 0.6) is 5.75 Å². The third-order valence-corrected chi connectivity index (χ3v) is 9.46. The number of halogens is 3. The van der Waals surface area contributed by atoms with Crippen molar-refractivity contribution in [2.75, 3.05) is 20.8 Å². The molecule has 17 heteroatoms. The largest absolute Gasteiger partial charge is 1.00 e. The number of aryl methyl sites for hydroxylation is 7. The Morgan fingerprint density at radius 2 is 1.02 bits per heavy atom. The van der Waals surface area contributed by atoms with Crippen LogP contribution in [0.4, 0.5) is 0 Å². The van der Waals surface area contributed by atoms with E-state index in [-0.39, 0.29) is 82.2 Å². The Labute approximate surface area is 413 Å². The smallest absolute Gasteiger partial charge is 1.00 e. The molecule has 0 aliphatic rings. The number of hydrogen-bond acceptors (Lipinski definition) is 11. The molecule has 311 valence electrons. The quantitative estimate of drug-likeness (QED) is 0.197. The van der Waals surface area contributed by atoms with Crippen LogP contribution >= 0.6 is 34.8 Å². The third-order valence-electron chi connectivity index (χ3n) is 7.70. The molecule has 0 aliphatic carbocycles. The van der Waals surface area contributed by atoms with Crippen LogP contribution in [0.3, 0.4) is 0 Å². The van der Waals surface area contributed by atoms with Gasteiger partial charge in [0, 0.05) is 78.5 Å². The normalized spacial score (nSPS) is 9.14. The van der Waals surface area contributed by atoms with Crippen molar-refractivity contribution in [1.82, 2.24) is 24.9 Å². The zero-order valence-electron chi connectivity index (χ0n) is 38.2. The molecule has 5 aromatic heterocycles. The van der Waals surface area contributed by atoms with Crippen LogP contribution in [0, 0.1) is 69.2 Å². The van der Waals surface area contributed by atoms with Gasteiger partial charge in [-0.05, 0) is 115 Å². The van der Waals surface area contributed by atoms with Crippen LogP contribution in [0.1, 0.15) is 85.9 Å². The Morgan fingerprint density at radius 3 is 1.41 bits per heavy atom. The monoisotopic (exact) mass is 888 g/mol. The van der Waals surface area contributed by atoms with Gasteiger partial charge in [0.25, 0.3) is 0 Å². The summed E-state index contributed by atoms with van der Waals surface area (Å²) in [4.78, 5) is 31.4. The minimum absolute atomic E-state index is 0. The molecule has 0 aliphatic heterocycles. The molecule has 0 spiro atoms. The average molecular weight is 890 g/mol. The summed E-state index contributed by atoms with van der Waals surface area (Å²) in [6.07, 6.45) is 12.2. The fraction of sp³-hybridized carbons (Fsp3) is 0.381. The zero-order valence-corrected chi connectivity index (χ0v) is 43.5. The van der Waals surface area contributed by atoms with Gasteiger partial charge >= 0.3 is 65.1 Å². The summed E-state index contributed by atoms with van der Waals surface area (Å²) >= 11 is 17.7. The number of carbonyl (C=O) groups is 1. The van der Waals surface area contributed by atoms with Gasteiger partial charge in [-0.15, -0.1) is 0 Å². The Morgan fingerprint density at radius 1 is 0.627 bits per heavy atom. The molecule has 0 atom stereocenters. The van der Waals surface area contributed by atoms with Crippen LogP contribution in [0.15, 0.2) is 49.4 Å². The van der Waals surface area contributed by atoms with Crippen molar-refractivity contribution in [3.8, 4) is 5.75 Å². The maximum absolute atomic E-state index is 11.4. The molecule has 5 heterocycles. The molecule has 0 amide bonds. The molecule has 0 unspecified atom stereocenters. The molecule has 11 nitrogen and oxygen atoms in total. The molecule has 2 N–H and O–H groups in total. The molecule has 5 aromatic rings. The fourth-order valence-electron chi connectivity index (χ4n) is 4.65. The van der Waals surface area contributed by atoms with E-state index in [4.69, 9.17) is 59.6 Å². The summed E-state index contributed by atoms with van der Waals surface area (Å²) < 4.78 is 10.0. The number of pyridine rings is 5. The van der Waals surface area contributed by atoms with Crippen molar-refractivity contribution in [3.05, 3.63) is 137 Å². The van der Waals surface area contributed by atoms with Gasteiger partial charge in [-0.2, -0.15) is 7.11 Å². The van der Waals surface area contributed by atoms with Crippen molar-refractivity contribution in [2.24, 2.45) is 0 Å². The van der Waals surface area contributed by atoms with E-state index in [0.29, 0.717) is 39.3 Å². The molecule has 0 bridgehead atoms. The Balaban J connectivity index is -0.000000207. The average Bonchev–Trinajstić information content (AvgIpc) is 3.17. The van der Waals surface area contributed by atoms with E-state index in [2.05, 4.69) is 31.0 Å². The van der Waals surface area contributed by atoms with E-state index in [0.717, 1.165) is 56.8 Å². The second-order valence-electron chi connectivity index (χ2n) is 12.3. The fourth-order valence-corrected chi connectivity index (χ4v) is 5.05. The standard InChI is InChI=1S/C10H12ClNO2.C9H13NO2.C8H10ClNO.C7H8ClN.C7H9N.CH3O.B.2Na.H/c1-4-14-10(13)9-7(3)8(11)6(2)5-12-9;1-6-4-10-8(5-11)7(2)9(6)12-3;1-5-3-10-7(4-11)6(2)8(5)9;1-5-3-9-4-6(2)7(5)8;1-6-3-7(2)5-8-4-6;1-2;;;;/h5H,4H2,1-3H3;4,11H,5H2,1-3H3;3,11H,4H2,1-2H3;3-4H,1-2H3;3-5H,1-2H3;1H3;;;;/q;;;;;-1;;2*+1;-1. The maximum Gasteiger partial charge on any atom is 1.00 e. The number of esters is 1. The van der Waals surface area contributed by atoms with Crippen molar-refractivity contribution in [1.29, 1.82) is 0 Å². The number of rotatable bonds is 5. The second-order valence-corrected chi connectivity index (χ2v) is 13.4. The van der Waals surface area contributed by atoms with Crippen molar-refractivity contribution in [2.45, 2.75) is 89.4 Å². The van der Waals surface area contributed by atoms with Crippen LogP contribution in [0.25, 0.3) is 0 Å². The molecule has 0 aromatic carbocycles. The Bertz CT molecular complexity index is 1970. The van der Waals surface area contributed by atoms with Crippen LogP contribution < -0.4 is 69.0 Å². The predicted molar refractivity (Wildman–Crippen MR) is 231 cm³/mol. The molecule has 0 saturated heterocycles. The van der Waals surface area contributed by atoms with Gasteiger partial charge in [0.15, 0.2) is 5.69 Å². The summed E-state index contributed by atoms with van der Waals surface area (Å²) in [5.41, 5.74) is 11.4. The first-order valence-corrected chi connectivity index (χ1v) is 18.5. The van der Waals surface area contributed by atoms with Gasteiger partial charge in [0.2, 0.25) is 0 Å². The zero-order chi connectivity index (χ0) is 43.1. The molecular weight excluding hydrogens is 834 g/mol. The van der Waals surface area contributed by atoms with E-state index < -0.39 is 5.97 Å². The van der Waals surface area contributed by atoms with E-state index in [1.807, 2.05) is 74.7 Å². The molecule has 0 saturated carbocycles. The van der Waals surface area contributed by atoms with Crippen molar-refractivity contribution in [3.63, 3.8) is 0 Å². The van der Waals surface area contributed by atoms with Gasteiger partial charge in [-0.1, -0.05) is 40.9 Å². The summed E-state index contributed by atoms with van der Waals surface area (Å²) in [6.45, 7) is 21.2. The van der Waals surface area contributed by atoms with Crippen LogP contribution in [-0.4, -0.2) is 70.3 Å². The minimum atomic E-state index is -0.424. The number of aromatic nitrogens is 5. The third kappa shape index (κ3) is 22.0. The number of hydrogen-bond donors (Lipinski definition) is 2. The SMILES string of the molecule is CCOC(=O)c1ncc(C)c(Cl)c1C.COc1c(C)cnc(CO)c1C.C[O-].Cc1cnc(CO)c(C)c1Cl.Cc1cncc(C)c1.Cc1cncc(C)c1Cl.[B].[H-].[Na+].[Na+]. The number of ether oxygens (including phenoxy) is 2. The first-order valence-electron chi connectivity index (χ1n) is 17.4. The summed E-state index contributed by atoms with van der Waals surface area (Å²) in [7, 11) is 2.37. The van der Waals surface area contributed by atoms with E-state index in [1.165, 1.54) is 11.1 Å². The minimum Gasteiger partial charge on any atom is -1.00 e. The number of aliphatic hydroxyl groups excluding tert-OH is 2. The summed E-state index contributed by atoms with van der Waals surface area (Å²) in [6, 6.07) is 2.10. The second kappa shape index (κ2) is 34.4. The van der Waals surface area contributed by atoms with Crippen molar-refractivity contribution < 1.29 is 90.1 Å². The number of carbonyl (C=O) groups excluding carboxylic acids is 1. The van der Waals surface area contributed by atoms with Crippen LogP contribution in [0.2, 0.25) is 15.1 Å². The molecule has 3 radical (unpaired) electrons. The van der Waals surface area contributed by atoms with Gasteiger partial charge in [0.1, 0.15) is 5.75 Å². The number of nitrogens with zero attached hydrogens (tertiary/aromatic N) is 5. The van der Waals surface area contributed by atoms with Gasteiger partial charge < -0.3 is 26.2 Å². The molecule has 5 rings (SSSR count). The van der Waals surface area contributed by atoms with Crippen LogP contribution in [-0.2, 0) is 18.0 Å². The number of aliphatic hydroxyl groups is 2. The Hall–Kier alpha value is -2.17. The van der Waals surface area contributed by atoms with Gasteiger partial charge in [-0.25, -0.2) is 9.78 Å². The van der Waals surface area contributed by atoms with Crippen molar-refractivity contribution >= 4 is 49.2 Å². The first-order chi connectivity index (χ1) is 26.4. The molecular formula is C42H56BCl3N5Na2O6. The van der Waals surface area contributed by atoms with Gasteiger partial charge in [-0.3, -0.25) is 19.9 Å². The first kappa shape index (κ1) is 63.5. The van der Waals surface area contributed by atoms with E-state index >= 15 is 0 Å². The molecule has 0 fully saturated rings. The predicted octanol–water partition coefficient (Wildman–Crippen LogP) is 2.34. The summed E-state index contributed by atoms with van der Waals surface area (Å²) in [5.74, 6) is 0.390. The van der Waals surface area contributed by atoms with E-state index in [9.17, 15) is 4.79 Å². The maximum atomic E-state index is 11.4. The Kier molecular flexibility index (Phi) is 37.0. The van der Waals surface area contributed by atoms with E-state index in [1.54, 1.807) is 51.9 Å². The topological polar surface area (TPSA) is 164 Å². The van der Waals surface area contributed by atoms with Gasteiger partial charge in [0.05, 0.1) is 43.3 Å². The molecule has 59 heavy (non-hydrogen) atoms. The number of methoxy groups -OCH3 is 1.